The fourth-order valence-electron chi connectivity index (χ4n) is 2.79. The van der Waals surface area contributed by atoms with E-state index in [2.05, 4.69) is 67.5 Å². The summed E-state index contributed by atoms with van der Waals surface area (Å²) in [6, 6.07) is 8.37. The topological polar surface area (TPSA) is 58.1 Å². The van der Waals surface area contributed by atoms with E-state index in [-0.39, 0.29) is 41.5 Å². The van der Waals surface area contributed by atoms with E-state index in [0.717, 1.165) is 18.3 Å². The lowest BCUT2D eigenvalue weighted by molar-refractivity contribution is 0.0205. The first-order valence-electron chi connectivity index (χ1n) is 9.00. The molecule has 27 heavy (non-hydrogen) atoms. The van der Waals surface area contributed by atoms with Crippen LogP contribution in [0.2, 0.25) is 0 Å². The third-order valence-electron chi connectivity index (χ3n) is 4.49. The van der Waals surface area contributed by atoms with Crippen molar-refractivity contribution in [3.63, 3.8) is 0 Å². The van der Waals surface area contributed by atoms with Gasteiger partial charge in [0.05, 0.1) is 19.3 Å². The number of benzene rings is 1. The summed E-state index contributed by atoms with van der Waals surface area (Å²) in [5.41, 5.74) is 1.26. The Balaban J connectivity index is 0.00000676. The highest BCUT2D eigenvalue weighted by molar-refractivity contribution is 14.0. The van der Waals surface area contributed by atoms with Gasteiger partial charge in [-0.25, -0.2) is 0 Å². The lowest BCUT2D eigenvalue weighted by Crippen LogP contribution is -2.47. The molecule has 0 aliphatic carbocycles. The number of nitrogens with zero attached hydrogens (tertiary/aromatic N) is 2. The first-order valence-corrected chi connectivity index (χ1v) is 9.00. The summed E-state index contributed by atoms with van der Waals surface area (Å²) in [6.07, 6.45) is 0.101. The molecule has 6 nitrogen and oxygen atoms in total. The quantitative estimate of drug-likeness (QED) is 0.332. The summed E-state index contributed by atoms with van der Waals surface area (Å²) in [6.45, 7) is 7.94. The minimum Gasteiger partial charge on any atom is -0.497 e. The summed E-state index contributed by atoms with van der Waals surface area (Å²) in [7, 11) is 9.36. The molecule has 7 heteroatoms. The number of nitrogens with one attached hydrogen (secondary N) is 2. The van der Waals surface area contributed by atoms with Crippen molar-refractivity contribution in [1.29, 1.82) is 0 Å². The van der Waals surface area contributed by atoms with Crippen LogP contribution >= 0.6 is 24.0 Å². The number of guanidine groups is 1. The highest BCUT2D eigenvalue weighted by Crippen LogP contribution is 2.22. The Morgan fingerprint density at radius 2 is 1.78 bits per heavy atom. The van der Waals surface area contributed by atoms with E-state index in [9.17, 15) is 0 Å². The van der Waals surface area contributed by atoms with Crippen molar-refractivity contribution in [1.82, 2.24) is 15.5 Å². The van der Waals surface area contributed by atoms with E-state index in [1.165, 1.54) is 5.56 Å². The van der Waals surface area contributed by atoms with Gasteiger partial charge in [-0.05, 0) is 37.2 Å². The van der Waals surface area contributed by atoms with Crippen LogP contribution in [0.5, 0.6) is 5.75 Å². The number of ether oxygens (including phenoxy) is 2. The Morgan fingerprint density at radius 1 is 1.15 bits per heavy atom. The molecule has 0 spiro atoms. The zero-order chi connectivity index (χ0) is 19.7. The van der Waals surface area contributed by atoms with Crippen LogP contribution in [0.25, 0.3) is 0 Å². The average Bonchev–Trinajstić information content (AvgIpc) is 2.59. The Bertz CT molecular complexity index is 573. The molecule has 0 amide bonds. The van der Waals surface area contributed by atoms with E-state index < -0.39 is 0 Å². The first-order chi connectivity index (χ1) is 12.2. The second-order valence-electron chi connectivity index (χ2n) is 7.68. The molecule has 0 heterocycles. The number of likely N-dealkylation sites (N-methyl/N-ethyl adjacent to an activating group) is 1. The molecule has 0 radical (unpaired) electrons. The smallest absolute Gasteiger partial charge is 0.191 e. The van der Waals surface area contributed by atoms with Crippen molar-refractivity contribution in [2.24, 2.45) is 10.4 Å². The SMILES string of the molecule is CN=C(NCC(c1cccc(OC)c1)N(C)C)NCC(OC)C(C)(C)C.I. The van der Waals surface area contributed by atoms with E-state index in [0.29, 0.717) is 6.54 Å². The second-order valence-corrected chi connectivity index (χ2v) is 7.68. The van der Waals surface area contributed by atoms with Crippen LogP contribution in [0.3, 0.4) is 0 Å². The highest BCUT2D eigenvalue weighted by Gasteiger charge is 2.24. The first kappa shape index (κ1) is 25.9. The Morgan fingerprint density at radius 3 is 2.26 bits per heavy atom. The van der Waals surface area contributed by atoms with Gasteiger partial charge in [-0.1, -0.05) is 32.9 Å². The van der Waals surface area contributed by atoms with Gasteiger partial charge in [0, 0.05) is 27.2 Å². The molecule has 1 rings (SSSR count). The molecule has 0 aromatic heterocycles. The molecule has 2 N–H and O–H groups in total. The zero-order valence-electron chi connectivity index (χ0n) is 18.0. The molecule has 0 saturated heterocycles. The van der Waals surface area contributed by atoms with E-state index in [4.69, 9.17) is 9.47 Å². The summed E-state index contributed by atoms with van der Waals surface area (Å²) < 4.78 is 11.0. The summed E-state index contributed by atoms with van der Waals surface area (Å²) in [4.78, 5) is 6.51. The van der Waals surface area contributed by atoms with Gasteiger partial charge in [-0.3, -0.25) is 4.99 Å². The third-order valence-corrected chi connectivity index (χ3v) is 4.49. The number of aliphatic imine (C=N–C) groups is 1. The molecule has 1 aromatic carbocycles. The van der Waals surface area contributed by atoms with Crippen molar-refractivity contribution in [2.75, 3.05) is 48.5 Å². The van der Waals surface area contributed by atoms with Gasteiger partial charge in [0.25, 0.3) is 0 Å². The standard InChI is InChI=1S/C20H36N4O2.HI/c1-20(2,3)18(26-8)14-23-19(21-4)22-13-17(24(5)6)15-10-9-11-16(12-15)25-7;/h9-12,17-18H,13-14H2,1-8H3,(H2,21,22,23);1H. The van der Waals surface area contributed by atoms with Crippen molar-refractivity contribution < 1.29 is 9.47 Å². The van der Waals surface area contributed by atoms with Gasteiger partial charge in [-0.2, -0.15) is 0 Å². The monoisotopic (exact) mass is 492 g/mol. The summed E-state index contributed by atoms with van der Waals surface area (Å²) in [5.74, 6) is 1.64. The molecule has 0 fully saturated rings. The zero-order valence-corrected chi connectivity index (χ0v) is 20.3. The van der Waals surface area contributed by atoms with Gasteiger partial charge in [0.2, 0.25) is 0 Å². The number of rotatable bonds is 8. The van der Waals surface area contributed by atoms with Crippen LogP contribution < -0.4 is 15.4 Å². The summed E-state index contributed by atoms with van der Waals surface area (Å²) >= 11 is 0. The molecule has 1 aromatic rings. The molecule has 0 aliphatic heterocycles. The van der Waals surface area contributed by atoms with E-state index in [1.54, 1.807) is 21.3 Å². The maximum Gasteiger partial charge on any atom is 0.191 e. The Labute approximate surface area is 182 Å². The number of methoxy groups -OCH3 is 2. The maximum absolute atomic E-state index is 5.60. The van der Waals surface area contributed by atoms with Crippen molar-refractivity contribution in [2.45, 2.75) is 32.9 Å². The van der Waals surface area contributed by atoms with Crippen LogP contribution in [0.4, 0.5) is 0 Å². The van der Waals surface area contributed by atoms with Crippen LogP contribution in [0.15, 0.2) is 29.3 Å². The second kappa shape index (κ2) is 12.4. The maximum atomic E-state index is 5.60. The molecular weight excluding hydrogens is 455 g/mol. The molecule has 156 valence electrons. The number of halogens is 1. The van der Waals surface area contributed by atoms with Gasteiger partial charge in [0.1, 0.15) is 5.75 Å². The largest absolute Gasteiger partial charge is 0.497 e. The third kappa shape index (κ3) is 8.66. The van der Waals surface area contributed by atoms with E-state index >= 15 is 0 Å². The Hall–Kier alpha value is -1.06. The predicted octanol–water partition coefficient (Wildman–Crippen LogP) is 3.14. The van der Waals surface area contributed by atoms with Gasteiger partial charge in [-0.15, -0.1) is 24.0 Å². The molecule has 2 atom stereocenters. The lowest BCUT2D eigenvalue weighted by atomic mass is 9.89. The van der Waals surface area contributed by atoms with Gasteiger partial charge in [0.15, 0.2) is 5.96 Å². The predicted molar refractivity (Wildman–Crippen MR) is 124 cm³/mol. The fourth-order valence-corrected chi connectivity index (χ4v) is 2.79. The minimum atomic E-state index is 0. The average molecular weight is 492 g/mol. The van der Waals surface area contributed by atoms with Gasteiger partial charge < -0.3 is 25.0 Å². The molecule has 0 bridgehead atoms. The highest BCUT2D eigenvalue weighted by atomic mass is 127. The molecule has 0 aliphatic rings. The van der Waals surface area contributed by atoms with Crippen molar-refractivity contribution >= 4 is 29.9 Å². The normalized spacial score (nSPS) is 14.3. The lowest BCUT2D eigenvalue weighted by Gasteiger charge is -2.30. The van der Waals surface area contributed by atoms with Crippen LogP contribution in [0.1, 0.15) is 32.4 Å². The molecule has 2 unspecified atom stereocenters. The number of hydrogen-bond acceptors (Lipinski definition) is 4. The van der Waals surface area contributed by atoms with Crippen molar-refractivity contribution in [3.8, 4) is 5.75 Å². The van der Waals surface area contributed by atoms with Gasteiger partial charge >= 0.3 is 0 Å². The van der Waals surface area contributed by atoms with Crippen LogP contribution in [0, 0.1) is 5.41 Å². The Kier molecular flexibility index (Phi) is 11.9. The molecular formula is C20H37IN4O2. The molecule has 0 saturated carbocycles. The van der Waals surface area contributed by atoms with E-state index in [1.807, 2.05) is 12.1 Å². The van der Waals surface area contributed by atoms with Crippen molar-refractivity contribution in [3.05, 3.63) is 29.8 Å². The summed E-state index contributed by atoms with van der Waals surface area (Å²) in [5, 5.41) is 6.78. The number of hydrogen-bond donors (Lipinski definition) is 2. The minimum absolute atomic E-state index is 0. The van der Waals surface area contributed by atoms with Crippen LogP contribution in [-0.4, -0.2) is 65.4 Å². The van der Waals surface area contributed by atoms with Crippen LogP contribution in [-0.2, 0) is 4.74 Å². The fraction of sp³-hybridized carbons (Fsp3) is 0.650.